The predicted molar refractivity (Wildman–Crippen MR) is 153 cm³/mol. The SMILES string of the molecule is CCO[C@H](CC/C=C/C(=O)Nc1ccccc1N)[C@H](OC(=O)Nc1ccc(C#N)cc1)c1cc(Br)ccc1O. The van der Waals surface area contributed by atoms with Gasteiger partial charge in [0.1, 0.15) is 5.75 Å². The van der Waals surface area contributed by atoms with E-state index < -0.39 is 18.3 Å². The van der Waals surface area contributed by atoms with Crippen molar-refractivity contribution in [1.29, 1.82) is 5.26 Å². The highest BCUT2D eigenvalue weighted by Gasteiger charge is 2.30. The number of carbonyl (C=O) groups excluding carboxylic acids is 2. The van der Waals surface area contributed by atoms with Gasteiger partial charge in [0.2, 0.25) is 5.91 Å². The molecule has 10 heteroatoms. The Hall–Kier alpha value is -4.33. The Morgan fingerprint density at radius 2 is 1.87 bits per heavy atom. The van der Waals surface area contributed by atoms with Gasteiger partial charge in [-0.05, 0) is 80.4 Å². The zero-order valence-electron chi connectivity index (χ0n) is 21.3. The smallest absolute Gasteiger partial charge is 0.412 e. The summed E-state index contributed by atoms with van der Waals surface area (Å²) in [5.74, 6) is -0.394. The number of hydrogen-bond acceptors (Lipinski definition) is 7. The van der Waals surface area contributed by atoms with Crippen molar-refractivity contribution in [3.8, 4) is 11.8 Å². The van der Waals surface area contributed by atoms with Crippen LogP contribution >= 0.6 is 15.9 Å². The number of amides is 2. The van der Waals surface area contributed by atoms with E-state index in [4.69, 9.17) is 20.5 Å². The molecule has 0 aliphatic rings. The van der Waals surface area contributed by atoms with Gasteiger partial charge in [-0.25, -0.2) is 4.79 Å². The van der Waals surface area contributed by atoms with Gasteiger partial charge in [0.05, 0.1) is 29.1 Å². The maximum atomic E-state index is 12.9. The van der Waals surface area contributed by atoms with Crippen molar-refractivity contribution in [2.45, 2.75) is 32.0 Å². The molecular formula is C29H29BrN4O5. The van der Waals surface area contributed by atoms with E-state index in [0.717, 1.165) is 0 Å². The van der Waals surface area contributed by atoms with Crippen molar-refractivity contribution in [3.05, 3.63) is 94.5 Å². The summed E-state index contributed by atoms with van der Waals surface area (Å²) >= 11 is 3.40. The average Bonchev–Trinajstić information content (AvgIpc) is 2.92. The number of hydrogen-bond donors (Lipinski definition) is 4. The maximum Gasteiger partial charge on any atom is 0.412 e. The third-order valence-electron chi connectivity index (χ3n) is 5.61. The van der Waals surface area contributed by atoms with Gasteiger partial charge >= 0.3 is 6.09 Å². The molecule has 202 valence electrons. The third-order valence-corrected chi connectivity index (χ3v) is 6.11. The molecule has 39 heavy (non-hydrogen) atoms. The van der Waals surface area contributed by atoms with Crippen LogP contribution in [-0.4, -0.2) is 29.8 Å². The molecule has 9 nitrogen and oxygen atoms in total. The molecule has 3 aromatic rings. The number of nitriles is 1. The van der Waals surface area contributed by atoms with Crippen molar-refractivity contribution in [3.63, 3.8) is 0 Å². The van der Waals surface area contributed by atoms with E-state index in [0.29, 0.717) is 52.1 Å². The second-order valence-electron chi connectivity index (χ2n) is 8.39. The Morgan fingerprint density at radius 3 is 2.56 bits per heavy atom. The second-order valence-corrected chi connectivity index (χ2v) is 9.31. The number of phenols is 1. The van der Waals surface area contributed by atoms with Crippen LogP contribution in [0, 0.1) is 11.3 Å². The molecule has 0 saturated heterocycles. The first-order valence-corrected chi connectivity index (χ1v) is 13.0. The zero-order chi connectivity index (χ0) is 28.2. The summed E-state index contributed by atoms with van der Waals surface area (Å²) in [7, 11) is 0. The highest BCUT2D eigenvalue weighted by Crippen LogP contribution is 2.35. The standard InChI is InChI=1S/C29H29BrN4O5/c1-2-38-26(9-5-6-10-27(36)34-24-8-4-3-7-23(24)32)28(22-17-20(30)13-16-25(22)35)39-29(37)33-21-14-11-19(18-31)12-15-21/h3-4,6-8,10-17,26,28,35H,2,5,9,32H2,1H3,(H,33,37)(H,34,36)/b10-6+/t26-,28-/m1/s1. The second kappa shape index (κ2) is 14.6. The molecule has 0 aliphatic heterocycles. The number of para-hydroxylation sites is 2. The molecule has 0 bridgehead atoms. The Morgan fingerprint density at radius 1 is 1.13 bits per heavy atom. The van der Waals surface area contributed by atoms with Crippen molar-refractivity contribution in [1.82, 2.24) is 0 Å². The first-order chi connectivity index (χ1) is 18.8. The number of nitrogens with one attached hydrogen (secondary N) is 2. The summed E-state index contributed by atoms with van der Waals surface area (Å²) in [5.41, 5.74) is 8.11. The van der Waals surface area contributed by atoms with Gasteiger partial charge in [-0.3, -0.25) is 10.1 Å². The van der Waals surface area contributed by atoms with E-state index in [1.54, 1.807) is 66.7 Å². The lowest BCUT2D eigenvalue weighted by Gasteiger charge is -2.28. The quantitative estimate of drug-likeness (QED) is 0.151. The Kier molecular flexibility index (Phi) is 10.9. The highest BCUT2D eigenvalue weighted by atomic mass is 79.9. The number of ether oxygens (including phenoxy) is 2. The van der Waals surface area contributed by atoms with Crippen molar-refractivity contribution in [2.75, 3.05) is 23.0 Å². The molecule has 0 fully saturated rings. The lowest BCUT2D eigenvalue weighted by atomic mass is 9.99. The van der Waals surface area contributed by atoms with Gasteiger partial charge in [-0.2, -0.15) is 5.26 Å². The van der Waals surface area contributed by atoms with E-state index >= 15 is 0 Å². The largest absolute Gasteiger partial charge is 0.508 e. The maximum absolute atomic E-state index is 12.9. The number of halogens is 1. The molecule has 0 aliphatic carbocycles. The van der Waals surface area contributed by atoms with E-state index in [9.17, 15) is 14.7 Å². The van der Waals surface area contributed by atoms with Crippen LogP contribution in [0.2, 0.25) is 0 Å². The number of rotatable bonds is 11. The normalized spacial score (nSPS) is 12.3. The van der Waals surface area contributed by atoms with E-state index in [1.807, 2.05) is 13.0 Å². The van der Waals surface area contributed by atoms with Crippen LogP contribution in [0.15, 0.2) is 83.4 Å². The molecule has 0 aromatic heterocycles. The minimum atomic E-state index is -0.966. The van der Waals surface area contributed by atoms with Gasteiger partial charge < -0.3 is 25.6 Å². The van der Waals surface area contributed by atoms with E-state index in [2.05, 4.69) is 26.6 Å². The predicted octanol–water partition coefficient (Wildman–Crippen LogP) is 6.28. The third kappa shape index (κ3) is 8.88. The van der Waals surface area contributed by atoms with Gasteiger partial charge in [0.25, 0.3) is 0 Å². The summed E-state index contributed by atoms with van der Waals surface area (Å²) in [5, 5.41) is 24.9. The van der Waals surface area contributed by atoms with Gasteiger partial charge in [-0.15, -0.1) is 0 Å². The van der Waals surface area contributed by atoms with E-state index in [1.165, 1.54) is 12.1 Å². The number of nitrogen functional groups attached to an aromatic ring is 1. The summed E-state index contributed by atoms with van der Waals surface area (Å²) in [6, 6.07) is 20.1. The molecule has 5 N–H and O–H groups in total. The average molecular weight is 593 g/mol. The highest BCUT2D eigenvalue weighted by molar-refractivity contribution is 9.10. The molecule has 0 spiro atoms. The van der Waals surface area contributed by atoms with Gasteiger partial charge in [0.15, 0.2) is 6.10 Å². The minimum absolute atomic E-state index is 0.0607. The van der Waals surface area contributed by atoms with Crippen LogP contribution in [0.1, 0.15) is 37.0 Å². The summed E-state index contributed by atoms with van der Waals surface area (Å²) in [6.45, 7) is 2.14. The summed E-state index contributed by atoms with van der Waals surface area (Å²) < 4.78 is 12.4. The topological polar surface area (TPSA) is 147 Å². The fourth-order valence-corrected chi connectivity index (χ4v) is 4.13. The number of allylic oxidation sites excluding steroid dienone is 1. The molecule has 3 rings (SSSR count). The molecule has 0 heterocycles. The van der Waals surface area contributed by atoms with Crippen LogP contribution in [0.4, 0.5) is 21.9 Å². The van der Waals surface area contributed by atoms with Crippen molar-refractivity contribution < 1.29 is 24.2 Å². The molecule has 2 atom stereocenters. The molecule has 0 unspecified atom stereocenters. The first-order valence-electron chi connectivity index (χ1n) is 12.2. The van der Waals surface area contributed by atoms with E-state index in [-0.39, 0.29) is 11.7 Å². The number of anilines is 3. The molecular weight excluding hydrogens is 564 g/mol. The fourth-order valence-electron chi connectivity index (χ4n) is 3.76. The Labute approximate surface area is 235 Å². The Bertz CT molecular complexity index is 1350. The number of benzene rings is 3. The summed E-state index contributed by atoms with van der Waals surface area (Å²) in [6.07, 6.45) is 1.53. The summed E-state index contributed by atoms with van der Waals surface area (Å²) in [4.78, 5) is 25.2. The molecule has 0 radical (unpaired) electrons. The first kappa shape index (κ1) is 29.2. The number of nitrogens with zero attached hydrogens (tertiary/aromatic N) is 1. The molecule has 2 amide bonds. The van der Waals surface area contributed by atoms with Crippen LogP contribution in [0.25, 0.3) is 0 Å². The van der Waals surface area contributed by atoms with Crippen molar-refractivity contribution >= 4 is 45.0 Å². The van der Waals surface area contributed by atoms with Crippen LogP contribution < -0.4 is 16.4 Å². The zero-order valence-corrected chi connectivity index (χ0v) is 22.9. The number of carbonyl (C=O) groups is 2. The molecule has 3 aromatic carbocycles. The minimum Gasteiger partial charge on any atom is -0.508 e. The van der Waals surface area contributed by atoms with Gasteiger partial charge in [0, 0.05) is 22.3 Å². The number of nitrogens with two attached hydrogens (primary N) is 1. The molecule has 0 saturated carbocycles. The van der Waals surface area contributed by atoms with Crippen LogP contribution in [-0.2, 0) is 14.3 Å². The van der Waals surface area contributed by atoms with Crippen LogP contribution in [0.5, 0.6) is 5.75 Å². The van der Waals surface area contributed by atoms with Crippen LogP contribution in [0.3, 0.4) is 0 Å². The lowest BCUT2D eigenvalue weighted by molar-refractivity contribution is -0.111. The fraction of sp³-hybridized carbons (Fsp3) is 0.207. The number of aromatic hydroxyl groups is 1. The van der Waals surface area contributed by atoms with Gasteiger partial charge in [-0.1, -0.05) is 34.1 Å². The Balaban J connectivity index is 1.73. The van der Waals surface area contributed by atoms with Crippen molar-refractivity contribution in [2.24, 2.45) is 0 Å². The number of phenolic OH excluding ortho intramolecular Hbond substituents is 1. The lowest BCUT2D eigenvalue weighted by Crippen LogP contribution is -2.29. The monoisotopic (exact) mass is 592 g/mol.